The molecule has 2 heterocycles. The summed E-state index contributed by atoms with van der Waals surface area (Å²) in [5.41, 5.74) is 3.44. The van der Waals surface area contributed by atoms with E-state index >= 15 is 0 Å². The van der Waals surface area contributed by atoms with Gasteiger partial charge in [0, 0.05) is 6.42 Å². The minimum absolute atomic E-state index is 0.143. The van der Waals surface area contributed by atoms with Gasteiger partial charge >= 0.3 is 0 Å². The number of benzene rings is 1. The number of hydrogen-bond donors (Lipinski definition) is 2. The number of aromatic nitrogens is 1. The topological polar surface area (TPSA) is 84.6 Å². The lowest BCUT2D eigenvalue weighted by molar-refractivity contribution is 0.0235. The van der Waals surface area contributed by atoms with Crippen LogP contribution in [0.15, 0.2) is 22.7 Å². The van der Waals surface area contributed by atoms with E-state index in [0.29, 0.717) is 42.9 Å². The van der Waals surface area contributed by atoms with Gasteiger partial charge in [0.15, 0.2) is 0 Å². The maximum Gasteiger partial charge on any atom is 0.257 e. The standard InChI is InChI=1S/C20H24N2O4/c1-3-16-18(11(2)26-22-16)20(24)21-19(14-9-15(23)10-14)13-4-5-17-12(8-13)6-7-25-17/h4-5,8,14-15,19,23H,3,6-7,9-10H2,1-2H3,(H,21,24)/t14?,15?,19-/m0/s1. The average Bonchev–Trinajstić information content (AvgIpc) is 3.22. The van der Waals surface area contributed by atoms with Gasteiger partial charge in [0.05, 0.1) is 24.4 Å². The number of nitrogens with one attached hydrogen (secondary N) is 1. The quantitative estimate of drug-likeness (QED) is 0.860. The molecule has 4 rings (SSSR count). The van der Waals surface area contributed by atoms with E-state index in [9.17, 15) is 9.90 Å². The highest BCUT2D eigenvalue weighted by molar-refractivity contribution is 5.96. The summed E-state index contributed by atoms with van der Waals surface area (Å²) in [6, 6.07) is 5.98. The van der Waals surface area contributed by atoms with E-state index in [-0.39, 0.29) is 24.0 Å². The average molecular weight is 356 g/mol. The Bertz CT molecular complexity index is 823. The molecule has 6 nitrogen and oxygen atoms in total. The molecule has 1 aromatic heterocycles. The van der Waals surface area contributed by atoms with Crippen LogP contribution in [0.2, 0.25) is 0 Å². The normalized spacial score (nSPS) is 22.3. The fourth-order valence-electron chi connectivity index (χ4n) is 3.94. The van der Waals surface area contributed by atoms with Crippen molar-refractivity contribution >= 4 is 5.91 Å². The second-order valence-corrected chi connectivity index (χ2v) is 7.22. The Kier molecular flexibility index (Phi) is 4.44. The summed E-state index contributed by atoms with van der Waals surface area (Å²) in [4.78, 5) is 13.0. The number of aryl methyl sites for hydroxylation is 2. The van der Waals surface area contributed by atoms with Crippen LogP contribution in [0, 0.1) is 12.8 Å². The summed E-state index contributed by atoms with van der Waals surface area (Å²) in [6.07, 6.45) is 2.65. The van der Waals surface area contributed by atoms with Gasteiger partial charge in [-0.15, -0.1) is 0 Å². The Morgan fingerprint density at radius 2 is 2.23 bits per heavy atom. The zero-order chi connectivity index (χ0) is 18.3. The van der Waals surface area contributed by atoms with Crippen LogP contribution in [0.4, 0.5) is 0 Å². The van der Waals surface area contributed by atoms with Crippen molar-refractivity contribution in [3.05, 3.63) is 46.3 Å². The zero-order valence-corrected chi connectivity index (χ0v) is 15.1. The van der Waals surface area contributed by atoms with Gasteiger partial charge in [-0.2, -0.15) is 0 Å². The van der Waals surface area contributed by atoms with Crippen LogP contribution in [0.1, 0.15) is 58.7 Å². The second-order valence-electron chi connectivity index (χ2n) is 7.22. The zero-order valence-electron chi connectivity index (χ0n) is 15.1. The van der Waals surface area contributed by atoms with Crippen molar-refractivity contribution < 1.29 is 19.2 Å². The molecule has 2 aliphatic rings. The Morgan fingerprint density at radius 1 is 1.42 bits per heavy atom. The lowest BCUT2D eigenvalue weighted by Crippen LogP contribution is -2.41. The fourth-order valence-corrected chi connectivity index (χ4v) is 3.94. The van der Waals surface area contributed by atoms with E-state index < -0.39 is 0 Å². The van der Waals surface area contributed by atoms with E-state index in [4.69, 9.17) is 9.26 Å². The van der Waals surface area contributed by atoms with Crippen molar-refractivity contribution in [2.24, 2.45) is 5.92 Å². The first kappa shape index (κ1) is 17.1. The summed E-state index contributed by atoms with van der Waals surface area (Å²) in [6.45, 7) is 4.42. The molecule has 1 aromatic carbocycles. The smallest absolute Gasteiger partial charge is 0.257 e. The number of rotatable bonds is 5. The van der Waals surface area contributed by atoms with Crippen molar-refractivity contribution in [3.8, 4) is 5.75 Å². The third kappa shape index (κ3) is 2.98. The maximum atomic E-state index is 13.0. The van der Waals surface area contributed by atoms with E-state index in [1.54, 1.807) is 6.92 Å². The molecular weight excluding hydrogens is 332 g/mol. The Labute approximate surface area is 152 Å². The van der Waals surface area contributed by atoms with Gasteiger partial charge in [0.1, 0.15) is 17.1 Å². The SMILES string of the molecule is CCc1noc(C)c1C(=O)N[C@@H](c1ccc2c(c1)CCO2)C1CC(O)C1. The Morgan fingerprint density at radius 3 is 2.96 bits per heavy atom. The van der Waals surface area contributed by atoms with Crippen LogP contribution in [0.5, 0.6) is 5.75 Å². The number of nitrogens with zero attached hydrogens (tertiary/aromatic N) is 1. The highest BCUT2D eigenvalue weighted by Crippen LogP contribution is 2.40. The predicted molar refractivity (Wildman–Crippen MR) is 95.2 cm³/mol. The first-order chi connectivity index (χ1) is 12.6. The molecule has 2 N–H and O–H groups in total. The third-order valence-corrected chi connectivity index (χ3v) is 5.48. The number of carbonyl (C=O) groups excluding carboxylic acids is 1. The van der Waals surface area contributed by atoms with Gasteiger partial charge in [-0.05, 0) is 55.4 Å². The van der Waals surface area contributed by atoms with Crippen LogP contribution in [-0.2, 0) is 12.8 Å². The molecule has 0 unspecified atom stereocenters. The van der Waals surface area contributed by atoms with Crippen molar-refractivity contribution in [3.63, 3.8) is 0 Å². The van der Waals surface area contributed by atoms with E-state index in [0.717, 1.165) is 17.7 Å². The number of carbonyl (C=O) groups is 1. The number of aliphatic hydroxyl groups is 1. The summed E-state index contributed by atoms with van der Waals surface area (Å²) in [5.74, 6) is 1.52. The summed E-state index contributed by atoms with van der Waals surface area (Å²) in [7, 11) is 0. The summed E-state index contributed by atoms with van der Waals surface area (Å²) in [5, 5.41) is 16.9. The number of amides is 1. The van der Waals surface area contributed by atoms with Gasteiger partial charge in [-0.25, -0.2) is 0 Å². The molecule has 2 aromatic rings. The molecule has 1 amide bonds. The number of aliphatic hydroxyl groups excluding tert-OH is 1. The lowest BCUT2D eigenvalue weighted by Gasteiger charge is -2.38. The molecule has 1 saturated carbocycles. The molecule has 0 saturated heterocycles. The molecule has 1 aliphatic heterocycles. The minimum Gasteiger partial charge on any atom is -0.493 e. The predicted octanol–water partition coefficient (Wildman–Crippen LogP) is 2.72. The summed E-state index contributed by atoms with van der Waals surface area (Å²) >= 11 is 0. The first-order valence-electron chi connectivity index (χ1n) is 9.26. The van der Waals surface area contributed by atoms with Gasteiger partial charge < -0.3 is 19.7 Å². The highest BCUT2D eigenvalue weighted by atomic mass is 16.5. The van der Waals surface area contributed by atoms with Gasteiger partial charge in [0.2, 0.25) is 0 Å². The van der Waals surface area contributed by atoms with Crippen molar-refractivity contribution in [2.45, 2.75) is 51.7 Å². The van der Waals surface area contributed by atoms with Gasteiger partial charge in [0.25, 0.3) is 5.91 Å². The van der Waals surface area contributed by atoms with Crippen molar-refractivity contribution in [1.29, 1.82) is 0 Å². The van der Waals surface area contributed by atoms with E-state index in [1.165, 1.54) is 5.56 Å². The molecular formula is C20H24N2O4. The number of hydrogen-bond acceptors (Lipinski definition) is 5. The second kappa shape index (κ2) is 6.76. The molecule has 1 atom stereocenters. The van der Waals surface area contributed by atoms with Crippen molar-refractivity contribution in [2.75, 3.05) is 6.61 Å². The third-order valence-electron chi connectivity index (χ3n) is 5.48. The molecule has 138 valence electrons. The van der Waals surface area contributed by atoms with Crippen LogP contribution >= 0.6 is 0 Å². The fraction of sp³-hybridized carbons (Fsp3) is 0.500. The largest absolute Gasteiger partial charge is 0.493 e. The molecule has 6 heteroatoms. The molecule has 1 fully saturated rings. The first-order valence-corrected chi connectivity index (χ1v) is 9.26. The van der Waals surface area contributed by atoms with Crippen LogP contribution < -0.4 is 10.1 Å². The molecule has 1 aliphatic carbocycles. The maximum absolute atomic E-state index is 13.0. The van der Waals surface area contributed by atoms with Gasteiger partial charge in [-0.1, -0.05) is 18.1 Å². The van der Waals surface area contributed by atoms with Crippen LogP contribution in [0.25, 0.3) is 0 Å². The minimum atomic E-state index is -0.277. The lowest BCUT2D eigenvalue weighted by atomic mass is 9.74. The highest BCUT2D eigenvalue weighted by Gasteiger charge is 2.37. The summed E-state index contributed by atoms with van der Waals surface area (Å²) < 4.78 is 10.8. The van der Waals surface area contributed by atoms with Crippen LogP contribution in [0.3, 0.4) is 0 Å². The molecule has 0 spiro atoms. The monoisotopic (exact) mass is 356 g/mol. The molecule has 26 heavy (non-hydrogen) atoms. The molecule has 0 radical (unpaired) electrons. The van der Waals surface area contributed by atoms with Crippen LogP contribution in [-0.4, -0.2) is 28.9 Å². The Hall–Kier alpha value is -2.34. The number of ether oxygens (including phenoxy) is 1. The van der Waals surface area contributed by atoms with E-state index in [2.05, 4.69) is 16.5 Å². The van der Waals surface area contributed by atoms with E-state index in [1.807, 2.05) is 19.1 Å². The molecule has 0 bridgehead atoms. The van der Waals surface area contributed by atoms with Crippen molar-refractivity contribution in [1.82, 2.24) is 10.5 Å². The Balaban J connectivity index is 1.62. The van der Waals surface area contributed by atoms with Gasteiger partial charge in [-0.3, -0.25) is 4.79 Å². The number of fused-ring (bicyclic) bond motifs is 1.